The van der Waals surface area contributed by atoms with Crippen LogP contribution in [0.1, 0.15) is 49.1 Å². The minimum Gasteiger partial charge on any atom is -0.328 e. The van der Waals surface area contributed by atoms with E-state index in [1.54, 1.807) is 0 Å². The molecule has 0 spiro atoms. The Balaban J connectivity index is 0.00000133. The van der Waals surface area contributed by atoms with Gasteiger partial charge in [0.15, 0.2) is 0 Å². The Bertz CT molecular complexity index is 403. The number of hydrogen-bond acceptors (Lipinski definition) is 4. The van der Waals surface area contributed by atoms with Crippen LogP contribution in [0.15, 0.2) is 5.51 Å². The largest absolute Gasteiger partial charge is 0.328 e. The minimum absolute atomic E-state index is 0. The number of thiazole rings is 1. The number of likely N-dealkylation sites (tertiary alicyclic amines) is 1. The number of piperidine rings is 1. The zero-order chi connectivity index (χ0) is 12.5. The van der Waals surface area contributed by atoms with Crippen LogP contribution in [0.4, 0.5) is 0 Å². The van der Waals surface area contributed by atoms with Gasteiger partial charge in [0, 0.05) is 29.9 Å². The lowest BCUT2D eigenvalue weighted by atomic mass is 9.92. The van der Waals surface area contributed by atoms with E-state index in [0.717, 1.165) is 12.5 Å². The summed E-state index contributed by atoms with van der Waals surface area (Å²) in [5, 5.41) is 0. The second-order valence-electron chi connectivity index (χ2n) is 5.93. The van der Waals surface area contributed by atoms with Crippen LogP contribution in [0.2, 0.25) is 0 Å². The van der Waals surface area contributed by atoms with Crippen LogP contribution in [0.5, 0.6) is 0 Å². The van der Waals surface area contributed by atoms with Gasteiger partial charge in [0.25, 0.3) is 0 Å². The standard InChI is InChI=1S/C14H23N3S.ClH/c1-10(15)12-3-2-6-17(7-12)8-13-14(11-4-5-11)16-9-18-13;/h9-12H,2-8,15H2,1H3;1H. The molecule has 0 aromatic carbocycles. The average Bonchev–Trinajstić information content (AvgIpc) is 3.11. The van der Waals surface area contributed by atoms with Gasteiger partial charge in [-0.1, -0.05) is 0 Å². The van der Waals surface area contributed by atoms with E-state index in [2.05, 4.69) is 16.8 Å². The van der Waals surface area contributed by atoms with E-state index in [-0.39, 0.29) is 12.4 Å². The molecule has 2 aliphatic rings. The van der Waals surface area contributed by atoms with E-state index in [9.17, 15) is 0 Å². The first kappa shape index (κ1) is 15.2. The van der Waals surface area contributed by atoms with Gasteiger partial charge in [0.1, 0.15) is 0 Å². The second kappa shape index (κ2) is 6.53. The molecule has 1 saturated carbocycles. The van der Waals surface area contributed by atoms with Gasteiger partial charge in [-0.05, 0) is 45.1 Å². The summed E-state index contributed by atoms with van der Waals surface area (Å²) < 4.78 is 0. The number of nitrogens with two attached hydrogens (primary N) is 1. The highest BCUT2D eigenvalue weighted by atomic mass is 35.5. The van der Waals surface area contributed by atoms with E-state index in [1.165, 1.54) is 49.3 Å². The van der Waals surface area contributed by atoms with Crippen molar-refractivity contribution in [2.45, 2.75) is 51.1 Å². The van der Waals surface area contributed by atoms with E-state index in [1.807, 2.05) is 16.8 Å². The van der Waals surface area contributed by atoms with Crippen LogP contribution in [-0.4, -0.2) is 29.0 Å². The fourth-order valence-electron chi connectivity index (χ4n) is 2.95. The molecular formula is C14H24ClN3S. The molecule has 0 amide bonds. The zero-order valence-corrected chi connectivity index (χ0v) is 13.2. The lowest BCUT2D eigenvalue weighted by Crippen LogP contribution is -2.41. The molecule has 1 aliphatic heterocycles. The van der Waals surface area contributed by atoms with Crippen molar-refractivity contribution < 1.29 is 0 Å². The zero-order valence-electron chi connectivity index (χ0n) is 11.5. The topological polar surface area (TPSA) is 42.1 Å². The summed E-state index contributed by atoms with van der Waals surface area (Å²) in [5.41, 5.74) is 9.47. The molecule has 3 nitrogen and oxygen atoms in total. The first-order chi connectivity index (χ1) is 8.74. The number of halogens is 1. The Hall–Kier alpha value is -0.160. The monoisotopic (exact) mass is 301 g/mol. The molecule has 108 valence electrons. The van der Waals surface area contributed by atoms with E-state index in [4.69, 9.17) is 5.73 Å². The van der Waals surface area contributed by atoms with E-state index in [0.29, 0.717) is 12.0 Å². The third-order valence-electron chi connectivity index (χ3n) is 4.29. The Morgan fingerprint density at radius 2 is 2.26 bits per heavy atom. The molecule has 1 aromatic heterocycles. The van der Waals surface area contributed by atoms with Crippen molar-refractivity contribution >= 4 is 23.7 Å². The predicted octanol–water partition coefficient (Wildman–Crippen LogP) is 3.00. The van der Waals surface area contributed by atoms with Gasteiger partial charge >= 0.3 is 0 Å². The molecule has 2 heterocycles. The molecule has 19 heavy (non-hydrogen) atoms. The second-order valence-corrected chi connectivity index (χ2v) is 6.87. The van der Waals surface area contributed by atoms with Gasteiger partial charge in [0.05, 0.1) is 11.2 Å². The predicted molar refractivity (Wildman–Crippen MR) is 83.0 cm³/mol. The summed E-state index contributed by atoms with van der Waals surface area (Å²) >= 11 is 1.84. The molecule has 2 N–H and O–H groups in total. The normalized spacial score (nSPS) is 25.9. The summed E-state index contributed by atoms with van der Waals surface area (Å²) in [6.45, 7) is 5.64. The molecule has 1 aliphatic carbocycles. The molecule has 2 atom stereocenters. The first-order valence-corrected chi connectivity index (χ1v) is 8.02. The lowest BCUT2D eigenvalue weighted by Gasteiger charge is -2.34. The van der Waals surface area contributed by atoms with E-state index >= 15 is 0 Å². The van der Waals surface area contributed by atoms with E-state index < -0.39 is 0 Å². The molecule has 2 fully saturated rings. The van der Waals surface area contributed by atoms with Crippen LogP contribution in [0.3, 0.4) is 0 Å². The summed E-state index contributed by atoms with van der Waals surface area (Å²) in [6.07, 6.45) is 5.29. The van der Waals surface area contributed by atoms with Gasteiger partial charge in [0.2, 0.25) is 0 Å². The highest BCUT2D eigenvalue weighted by Crippen LogP contribution is 2.42. The molecule has 2 unspecified atom stereocenters. The number of nitrogens with zero attached hydrogens (tertiary/aromatic N) is 2. The van der Waals surface area contributed by atoms with Gasteiger partial charge in [-0.2, -0.15) is 0 Å². The minimum atomic E-state index is 0. The maximum atomic E-state index is 6.05. The van der Waals surface area contributed by atoms with Crippen LogP contribution >= 0.6 is 23.7 Å². The number of rotatable bonds is 4. The van der Waals surface area contributed by atoms with Gasteiger partial charge in [-0.3, -0.25) is 4.90 Å². The van der Waals surface area contributed by atoms with Crippen molar-refractivity contribution in [2.24, 2.45) is 11.7 Å². The molecule has 1 aromatic rings. The van der Waals surface area contributed by atoms with Crippen molar-refractivity contribution in [3.05, 3.63) is 16.1 Å². The van der Waals surface area contributed by atoms with Crippen LogP contribution in [0, 0.1) is 5.92 Å². The van der Waals surface area contributed by atoms with Crippen molar-refractivity contribution in [1.29, 1.82) is 0 Å². The van der Waals surface area contributed by atoms with Gasteiger partial charge in [-0.25, -0.2) is 4.98 Å². The summed E-state index contributed by atoms with van der Waals surface area (Å²) in [6, 6.07) is 0.331. The Labute approximate surface area is 126 Å². The summed E-state index contributed by atoms with van der Waals surface area (Å²) in [7, 11) is 0. The highest BCUT2D eigenvalue weighted by Gasteiger charge is 2.30. The van der Waals surface area contributed by atoms with Crippen molar-refractivity contribution in [3.8, 4) is 0 Å². The Kier molecular flexibility index (Phi) is 5.23. The molecule has 1 saturated heterocycles. The lowest BCUT2D eigenvalue weighted by molar-refractivity contribution is 0.155. The quantitative estimate of drug-likeness (QED) is 0.929. The van der Waals surface area contributed by atoms with Crippen molar-refractivity contribution in [1.82, 2.24) is 9.88 Å². The number of aromatic nitrogens is 1. The van der Waals surface area contributed by atoms with Crippen molar-refractivity contribution in [3.63, 3.8) is 0 Å². The maximum Gasteiger partial charge on any atom is 0.0798 e. The van der Waals surface area contributed by atoms with Gasteiger partial charge in [-0.15, -0.1) is 23.7 Å². The van der Waals surface area contributed by atoms with Crippen LogP contribution in [0.25, 0.3) is 0 Å². The third-order valence-corrected chi connectivity index (χ3v) is 5.12. The molecule has 0 radical (unpaired) electrons. The molecule has 3 rings (SSSR count). The Morgan fingerprint density at radius 3 is 2.95 bits per heavy atom. The third kappa shape index (κ3) is 3.69. The smallest absolute Gasteiger partial charge is 0.0798 e. The van der Waals surface area contributed by atoms with Crippen molar-refractivity contribution in [2.75, 3.05) is 13.1 Å². The maximum absolute atomic E-state index is 6.05. The fraction of sp³-hybridized carbons (Fsp3) is 0.786. The summed E-state index contributed by atoms with van der Waals surface area (Å²) in [4.78, 5) is 8.65. The average molecular weight is 302 g/mol. The van der Waals surface area contributed by atoms with Crippen LogP contribution < -0.4 is 5.73 Å². The molecular weight excluding hydrogens is 278 g/mol. The summed E-state index contributed by atoms with van der Waals surface area (Å²) in [5.74, 6) is 1.45. The number of hydrogen-bond donors (Lipinski definition) is 1. The fourth-order valence-corrected chi connectivity index (χ4v) is 3.85. The molecule has 5 heteroatoms. The SMILES string of the molecule is CC(N)C1CCCN(Cc2scnc2C2CC2)C1.Cl. The first-order valence-electron chi connectivity index (χ1n) is 7.14. The van der Waals surface area contributed by atoms with Gasteiger partial charge < -0.3 is 5.73 Å². The highest BCUT2D eigenvalue weighted by molar-refractivity contribution is 7.09. The molecule has 0 bridgehead atoms. The van der Waals surface area contributed by atoms with Crippen LogP contribution in [-0.2, 0) is 6.54 Å². The Morgan fingerprint density at radius 1 is 1.47 bits per heavy atom.